The molecule has 10 heavy (non-hydrogen) atoms. The van der Waals surface area contributed by atoms with E-state index in [1.54, 1.807) is 0 Å². The van der Waals surface area contributed by atoms with Crippen LogP contribution >= 0.6 is 8.03 Å². The highest BCUT2D eigenvalue weighted by Crippen LogP contribution is 2.20. The van der Waals surface area contributed by atoms with E-state index in [9.17, 15) is 14.2 Å². The molecule has 0 rings (SSSR count). The minimum absolute atomic E-state index is 1.17. The molecule has 6 nitrogen and oxygen atoms in total. The van der Waals surface area contributed by atoms with Crippen molar-refractivity contribution in [2.75, 3.05) is 0 Å². The van der Waals surface area contributed by atoms with Crippen molar-refractivity contribution in [1.82, 2.24) is 0 Å². The van der Waals surface area contributed by atoms with Gasteiger partial charge >= 0.3 is 0 Å². The standard InChI is InChI=1S/C3H7N2O4P/c4-2(6)1(3(5)7)10(8)9/h1,10H,(H2,4,6)(H2,5,7)(H,8,9). The number of amides is 2. The maximum atomic E-state index is 10.2. The summed E-state index contributed by atoms with van der Waals surface area (Å²) >= 11 is 0. The molecule has 1 atom stereocenters. The van der Waals surface area contributed by atoms with Gasteiger partial charge in [0.05, 0.1) is 0 Å². The van der Waals surface area contributed by atoms with Gasteiger partial charge in [-0.2, -0.15) is 0 Å². The van der Waals surface area contributed by atoms with Gasteiger partial charge in [0.2, 0.25) is 19.8 Å². The van der Waals surface area contributed by atoms with E-state index in [0.29, 0.717) is 0 Å². The van der Waals surface area contributed by atoms with Gasteiger partial charge in [0.25, 0.3) is 0 Å². The molecule has 0 aliphatic carbocycles. The number of carbonyl (C=O) groups excluding carboxylic acids is 2. The molecule has 0 aromatic rings. The van der Waals surface area contributed by atoms with Gasteiger partial charge in [-0.25, -0.2) is 0 Å². The Bertz CT molecular complexity index is 158. The van der Waals surface area contributed by atoms with Crippen LogP contribution in [0.25, 0.3) is 0 Å². The highest BCUT2D eigenvalue weighted by atomic mass is 31.1. The van der Waals surface area contributed by atoms with E-state index >= 15 is 0 Å². The first-order chi connectivity index (χ1) is 4.46. The molecule has 0 aromatic heterocycles. The molecule has 0 bridgehead atoms. The topological polar surface area (TPSA) is 123 Å². The minimum Gasteiger partial charge on any atom is -0.369 e. The Kier molecular flexibility index (Phi) is 3.05. The summed E-state index contributed by atoms with van der Waals surface area (Å²) in [6.45, 7) is 0. The van der Waals surface area contributed by atoms with Crippen LogP contribution < -0.4 is 11.5 Å². The molecule has 0 spiro atoms. The van der Waals surface area contributed by atoms with Gasteiger partial charge in [-0.1, -0.05) is 0 Å². The third-order valence-corrected chi connectivity index (χ3v) is 1.88. The molecule has 0 saturated carbocycles. The van der Waals surface area contributed by atoms with Crippen molar-refractivity contribution in [3.8, 4) is 0 Å². The van der Waals surface area contributed by atoms with E-state index < -0.39 is 25.5 Å². The molecule has 0 aromatic carbocycles. The van der Waals surface area contributed by atoms with Crippen LogP contribution in [0.5, 0.6) is 0 Å². The summed E-state index contributed by atoms with van der Waals surface area (Å²) in [5, 5.41) is 0. The van der Waals surface area contributed by atoms with Crippen LogP contribution in [0.15, 0.2) is 0 Å². The van der Waals surface area contributed by atoms with Crippen LogP contribution in [0, 0.1) is 0 Å². The molecule has 0 aliphatic rings. The van der Waals surface area contributed by atoms with Crippen LogP contribution in [0.4, 0.5) is 0 Å². The van der Waals surface area contributed by atoms with Crippen LogP contribution in [-0.2, 0) is 14.2 Å². The van der Waals surface area contributed by atoms with E-state index in [0.717, 1.165) is 0 Å². The van der Waals surface area contributed by atoms with Crippen molar-refractivity contribution in [3.63, 3.8) is 0 Å². The van der Waals surface area contributed by atoms with Crippen molar-refractivity contribution in [1.29, 1.82) is 0 Å². The number of carbonyl (C=O) groups is 2. The molecule has 5 N–H and O–H groups in total. The largest absolute Gasteiger partial charge is 0.369 e. The zero-order chi connectivity index (χ0) is 8.31. The summed E-state index contributed by atoms with van der Waals surface area (Å²) in [4.78, 5) is 28.6. The maximum Gasteiger partial charge on any atom is 0.239 e. The van der Waals surface area contributed by atoms with Gasteiger partial charge in [-0.15, -0.1) is 0 Å². The monoisotopic (exact) mass is 166 g/mol. The summed E-state index contributed by atoms with van der Waals surface area (Å²) < 4.78 is 10.2. The van der Waals surface area contributed by atoms with Gasteiger partial charge in [0.1, 0.15) is 0 Å². The highest BCUT2D eigenvalue weighted by molar-refractivity contribution is 7.41. The van der Waals surface area contributed by atoms with Crippen molar-refractivity contribution >= 4 is 19.8 Å². The fourth-order valence-electron chi connectivity index (χ4n) is 0.384. The van der Waals surface area contributed by atoms with Gasteiger partial charge < -0.3 is 16.4 Å². The fraction of sp³-hybridized carbons (Fsp3) is 0.333. The Balaban J connectivity index is 4.43. The molecular weight excluding hydrogens is 159 g/mol. The number of primary amides is 2. The number of hydrogen-bond donors (Lipinski definition) is 3. The van der Waals surface area contributed by atoms with Crippen molar-refractivity contribution < 1.29 is 19.0 Å². The smallest absolute Gasteiger partial charge is 0.239 e. The highest BCUT2D eigenvalue weighted by Gasteiger charge is 2.26. The van der Waals surface area contributed by atoms with E-state index in [4.69, 9.17) is 4.89 Å². The first kappa shape index (κ1) is 9.13. The SMILES string of the molecule is NC(=O)C(C(N)=O)[PH](=O)O. The van der Waals surface area contributed by atoms with E-state index in [1.807, 2.05) is 0 Å². The van der Waals surface area contributed by atoms with E-state index in [1.165, 1.54) is 0 Å². The third-order valence-electron chi connectivity index (χ3n) is 0.816. The maximum absolute atomic E-state index is 10.2. The van der Waals surface area contributed by atoms with E-state index in [-0.39, 0.29) is 0 Å². The Morgan fingerprint density at radius 2 is 1.60 bits per heavy atom. The second kappa shape index (κ2) is 3.34. The molecule has 1 unspecified atom stereocenters. The van der Waals surface area contributed by atoms with Crippen LogP contribution in [-0.4, -0.2) is 22.4 Å². The average molecular weight is 166 g/mol. The normalized spacial score (nSPS) is 13.0. The number of nitrogens with two attached hydrogens (primary N) is 2. The molecule has 0 heterocycles. The van der Waals surface area contributed by atoms with Gasteiger partial charge in [-0.3, -0.25) is 14.2 Å². The zero-order valence-electron chi connectivity index (χ0n) is 4.90. The zero-order valence-corrected chi connectivity index (χ0v) is 5.90. The molecule has 7 heteroatoms. The van der Waals surface area contributed by atoms with Gasteiger partial charge in [-0.05, 0) is 0 Å². The predicted octanol–water partition coefficient (Wildman–Crippen LogP) is -2.21. The van der Waals surface area contributed by atoms with Gasteiger partial charge in [0.15, 0.2) is 5.66 Å². The Morgan fingerprint density at radius 3 is 1.60 bits per heavy atom. The molecule has 0 fully saturated rings. The minimum atomic E-state index is -3.27. The lowest BCUT2D eigenvalue weighted by Gasteiger charge is -2.02. The summed E-state index contributed by atoms with van der Waals surface area (Å²) in [5.74, 6) is -2.34. The quantitative estimate of drug-likeness (QED) is 0.325. The van der Waals surface area contributed by atoms with E-state index in [2.05, 4.69) is 11.5 Å². The summed E-state index contributed by atoms with van der Waals surface area (Å²) in [5.41, 5.74) is 7.40. The second-order valence-corrected chi connectivity index (χ2v) is 2.83. The molecule has 0 radical (unpaired) electrons. The van der Waals surface area contributed by atoms with Crippen LogP contribution in [0.2, 0.25) is 0 Å². The molecule has 2 amide bonds. The van der Waals surface area contributed by atoms with Gasteiger partial charge in [0, 0.05) is 0 Å². The van der Waals surface area contributed by atoms with Crippen LogP contribution in [0.3, 0.4) is 0 Å². The molecular formula is C3H7N2O4P. The summed E-state index contributed by atoms with van der Waals surface area (Å²) in [6, 6.07) is 0. The first-order valence-electron chi connectivity index (χ1n) is 2.28. The summed E-state index contributed by atoms with van der Waals surface area (Å²) in [7, 11) is -3.27. The Morgan fingerprint density at radius 1 is 1.30 bits per heavy atom. The summed E-state index contributed by atoms with van der Waals surface area (Å²) in [6.07, 6.45) is 0. The fourth-order valence-corrected chi connectivity index (χ4v) is 0.870. The molecule has 0 aliphatic heterocycles. The Labute approximate surface area is 57.1 Å². The lowest BCUT2D eigenvalue weighted by molar-refractivity contribution is -0.125. The number of rotatable bonds is 3. The average Bonchev–Trinajstić information content (AvgIpc) is 1.59. The lowest BCUT2D eigenvalue weighted by atomic mass is 10.4. The van der Waals surface area contributed by atoms with Crippen molar-refractivity contribution in [2.24, 2.45) is 11.5 Å². The Hall–Kier alpha value is -0.870. The second-order valence-electron chi connectivity index (χ2n) is 1.58. The number of hydrogen-bond acceptors (Lipinski definition) is 3. The van der Waals surface area contributed by atoms with Crippen LogP contribution in [0.1, 0.15) is 0 Å². The van der Waals surface area contributed by atoms with Crippen molar-refractivity contribution in [3.05, 3.63) is 0 Å². The lowest BCUT2D eigenvalue weighted by Crippen LogP contribution is -2.37. The third kappa shape index (κ3) is 2.16. The molecule has 58 valence electrons. The first-order valence-corrected chi connectivity index (χ1v) is 3.71. The predicted molar refractivity (Wildman–Crippen MR) is 33.4 cm³/mol. The van der Waals surface area contributed by atoms with Crippen molar-refractivity contribution in [2.45, 2.75) is 5.66 Å². The molecule has 0 saturated heterocycles.